The largest absolute Gasteiger partial charge is 0.380 e. The Bertz CT molecular complexity index is 971. The van der Waals surface area contributed by atoms with Crippen molar-refractivity contribution in [1.82, 2.24) is 0 Å². The zero-order valence-electron chi connectivity index (χ0n) is 18.5. The topological polar surface area (TPSA) is 36.9 Å². The molecule has 0 radical (unpaired) electrons. The van der Waals surface area contributed by atoms with Crippen molar-refractivity contribution >= 4 is 33.8 Å². The third kappa shape index (κ3) is 3.84. The van der Waals surface area contributed by atoms with Crippen LogP contribution in [0.3, 0.4) is 0 Å². The average molecular weight is 517 g/mol. The lowest BCUT2D eigenvalue weighted by Crippen LogP contribution is -2.48. The van der Waals surface area contributed by atoms with Crippen LogP contribution in [0.2, 0.25) is 0 Å². The molecule has 0 unspecified atom stereocenters. The first-order valence-corrected chi connectivity index (χ1v) is 11.1. The first kappa shape index (κ1) is 26.2. The lowest BCUT2D eigenvalue weighted by atomic mass is 9.95. The van der Waals surface area contributed by atoms with Gasteiger partial charge in [0.2, 0.25) is 0 Å². The zero-order valence-corrected chi connectivity index (χ0v) is 20.2. The van der Waals surface area contributed by atoms with Crippen molar-refractivity contribution in [2.45, 2.75) is 44.2 Å². The van der Waals surface area contributed by atoms with Crippen LogP contribution in [0.25, 0.3) is 11.1 Å². The van der Waals surface area contributed by atoms with Gasteiger partial charge in [-0.15, -0.1) is 22.7 Å². The van der Waals surface area contributed by atoms with Crippen molar-refractivity contribution in [3.63, 3.8) is 0 Å². The number of alkyl halides is 6. The van der Waals surface area contributed by atoms with Crippen LogP contribution >= 0.6 is 22.7 Å². The Morgan fingerprint density at radius 3 is 1.21 bits per heavy atom. The number of ether oxygens (including phenoxy) is 4. The van der Waals surface area contributed by atoms with Crippen LogP contribution in [0.4, 0.5) is 26.3 Å². The van der Waals surface area contributed by atoms with Gasteiger partial charge in [-0.25, -0.2) is 0 Å². The number of methoxy groups -OCH3 is 4. The summed E-state index contributed by atoms with van der Waals surface area (Å²) in [5, 5.41) is 0. The van der Waals surface area contributed by atoms with E-state index >= 15 is 17.6 Å². The molecule has 12 heteroatoms. The Morgan fingerprint density at radius 2 is 0.939 bits per heavy atom. The first-order chi connectivity index (χ1) is 15.3. The zero-order chi connectivity index (χ0) is 24.9. The molecule has 0 saturated carbocycles. The standard InChI is InChI=1S/C21H22F6O4S2/c1-9-11(7-13(32-9)17(28-3)29-4)15-16(20(24,25)21(26,27)19(15,22)23)12-8-14(33-10(12)2)18(30-5)31-6/h7-8,17-18H,1-6H3. The summed E-state index contributed by atoms with van der Waals surface area (Å²) in [6, 6.07) is 2.27. The number of allylic oxidation sites excluding steroid dienone is 2. The Morgan fingerprint density at radius 1 is 0.636 bits per heavy atom. The fourth-order valence-corrected chi connectivity index (χ4v) is 6.01. The van der Waals surface area contributed by atoms with Crippen molar-refractivity contribution in [2.75, 3.05) is 28.4 Å². The Hall–Kier alpha value is -1.44. The van der Waals surface area contributed by atoms with Gasteiger partial charge in [0.15, 0.2) is 12.6 Å². The van der Waals surface area contributed by atoms with Crippen LogP contribution in [0.15, 0.2) is 12.1 Å². The summed E-state index contributed by atoms with van der Waals surface area (Å²) in [6.45, 7) is 2.78. The summed E-state index contributed by atoms with van der Waals surface area (Å²) in [6.07, 6.45) is -1.94. The maximum Gasteiger partial charge on any atom is 0.380 e. The maximum absolute atomic E-state index is 15.1. The van der Waals surface area contributed by atoms with Gasteiger partial charge in [-0.2, -0.15) is 26.3 Å². The fraction of sp³-hybridized carbons (Fsp3) is 0.524. The third-order valence-electron chi connectivity index (χ3n) is 5.40. The van der Waals surface area contributed by atoms with Gasteiger partial charge in [0.1, 0.15) is 0 Å². The Kier molecular flexibility index (Phi) is 7.11. The van der Waals surface area contributed by atoms with Crippen molar-refractivity contribution in [3.05, 3.63) is 42.8 Å². The molecule has 2 heterocycles. The number of thiophene rings is 2. The number of halogens is 6. The minimum Gasteiger partial charge on any atom is -0.351 e. The van der Waals surface area contributed by atoms with E-state index in [0.29, 0.717) is 0 Å². The van der Waals surface area contributed by atoms with Crippen LogP contribution in [-0.4, -0.2) is 46.2 Å². The molecule has 0 fully saturated rings. The molecule has 4 nitrogen and oxygen atoms in total. The van der Waals surface area contributed by atoms with Crippen LogP contribution in [0, 0.1) is 13.8 Å². The highest BCUT2D eigenvalue weighted by molar-refractivity contribution is 7.12. The number of hydrogen-bond donors (Lipinski definition) is 0. The van der Waals surface area contributed by atoms with Crippen molar-refractivity contribution < 1.29 is 45.3 Å². The summed E-state index contributed by atoms with van der Waals surface area (Å²) in [5.74, 6) is -15.9. The Labute approximate surface area is 194 Å². The van der Waals surface area contributed by atoms with Gasteiger partial charge in [0, 0.05) is 49.3 Å². The molecule has 3 rings (SSSR count). The molecule has 1 aliphatic rings. The lowest BCUT2D eigenvalue weighted by Gasteiger charge is -2.25. The van der Waals surface area contributed by atoms with E-state index in [9.17, 15) is 8.78 Å². The summed E-state index contributed by atoms with van der Waals surface area (Å²) < 4.78 is 110. The minimum absolute atomic E-state index is 0.143. The molecule has 0 N–H and O–H groups in total. The Balaban J connectivity index is 2.36. The molecule has 0 atom stereocenters. The van der Waals surface area contributed by atoms with E-state index < -0.39 is 52.6 Å². The third-order valence-corrected chi connectivity index (χ3v) is 7.54. The highest BCUT2D eigenvalue weighted by Crippen LogP contribution is 2.66. The van der Waals surface area contributed by atoms with Gasteiger partial charge in [-0.05, 0) is 37.1 Å². The first-order valence-electron chi connectivity index (χ1n) is 9.51. The molecule has 0 spiro atoms. The average Bonchev–Trinajstić information content (AvgIpc) is 3.32. The molecular weight excluding hydrogens is 494 g/mol. The summed E-state index contributed by atoms with van der Waals surface area (Å²) in [5.41, 5.74) is -3.65. The molecular formula is C21H22F6O4S2. The molecule has 0 bridgehead atoms. The predicted molar refractivity (Wildman–Crippen MR) is 113 cm³/mol. The monoisotopic (exact) mass is 516 g/mol. The molecule has 184 valence electrons. The van der Waals surface area contributed by atoms with Gasteiger partial charge < -0.3 is 18.9 Å². The summed E-state index contributed by atoms with van der Waals surface area (Å²) in [4.78, 5) is 0.833. The van der Waals surface area contributed by atoms with Crippen LogP contribution in [0.1, 0.15) is 43.2 Å². The molecule has 0 saturated heterocycles. The molecule has 33 heavy (non-hydrogen) atoms. The second kappa shape index (κ2) is 8.97. The van der Waals surface area contributed by atoms with Crippen molar-refractivity contribution in [3.8, 4) is 0 Å². The minimum atomic E-state index is -5.64. The van der Waals surface area contributed by atoms with Crippen molar-refractivity contribution in [2.24, 2.45) is 0 Å². The molecule has 0 aromatic carbocycles. The van der Waals surface area contributed by atoms with Crippen LogP contribution < -0.4 is 0 Å². The highest BCUT2D eigenvalue weighted by Gasteiger charge is 2.80. The van der Waals surface area contributed by atoms with E-state index in [2.05, 4.69) is 0 Å². The van der Waals surface area contributed by atoms with Gasteiger partial charge in [-0.1, -0.05) is 0 Å². The highest BCUT2D eigenvalue weighted by atomic mass is 32.1. The quantitative estimate of drug-likeness (QED) is 0.284. The van der Waals surface area contributed by atoms with Crippen LogP contribution in [0.5, 0.6) is 0 Å². The predicted octanol–water partition coefficient (Wildman–Crippen LogP) is 6.84. The summed E-state index contributed by atoms with van der Waals surface area (Å²) >= 11 is 1.87. The maximum atomic E-state index is 15.1. The lowest BCUT2D eigenvalue weighted by molar-refractivity contribution is -0.254. The number of rotatable bonds is 8. The van der Waals surface area contributed by atoms with E-state index in [1.165, 1.54) is 42.3 Å². The normalized spacial score (nSPS) is 19.3. The second-order valence-corrected chi connectivity index (χ2v) is 9.89. The fourth-order valence-electron chi connectivity index (χ4n) is 3.83. The van der Waals surface area contributed by atoms with Crippen molar-refractivity contribution in [1.29, 1.82) is 0 Å². The van der Waals surface area contributed by atoms with Gasteiger partial charge >= 0.3 is 17.8 Å². The summed E-state index contributed by atoms with van der Waals surface area (Å²) in [7, 11) is 5.22. The van der Waals surface area contributed by atoms with Gasteiger partial charge in [0.05, 0.1) is 9.75 Å². The molecule has 1 aliphatic carbocycles. The van der Waals surface area contributed by atoms with Gasteiger partial charge in [-0.3, -0.25) is 0 Å². The number of hydrogen-bond acceptors (Lipinski definition) is 6. The van der Waals surface area contributed by atoms with E-state index in [4.69, 9.17) is 18.9 Å². The van der Waals surface area contributed by atoms with E-state index in [-0.39, 0.29) is 19.5 Å². The van der Waals surface area contributed by atoms with E-state index in [0.717, 1.165) is 34.8 Å². The molecule has 2 aromatic rings. The van der Waals surface area contributed by atoms with E-state index in [1.807, 2.05) is 0 Å². The van der Waals surface area contributed by atoms with Gasteiger partial charge in [0.25, 0.3) is 0 Å². The smallest absolute Gasteiger partial charge is 0.351 e. The second-order valence-electron chi connectivity index (χ2n) is 7.32. The van der Waals surface area contributed by atoms with E-state index in [1.54, 1.807) is 0 Å². The number of aryl methyl sites for hydroxylation is 2. The molecule has 2 aromatic heterocycles. The van der Waals surface area contributed by atoms with Crippen LogP contribution in [-0.2, 0) is 18.9 Å². The SMILES string of the molecule is COC(OC)c1cc(C2=C(c3cc(C(OC)OC)sc3C)C(F)(F)C(F)(F)C2(F)F)c(C)s1. The molecule has 0 aliphatic heterocycles. The molecule has 0 amide bonds.